The number of halogens is 2. The van der Waals surface area contributed by atoms with E-state index in [2.05, 4.69) is 20.3 Å². The average molecular weight is 403 g/mol. The van der Waals surface area contributed by atoms with Crippen molar-refractivity contribution in [3.05, 3.63) is 76.1 Å². The molecule has 2 aromatic carbocycles. The van der Waals surface area contributed by atoms with Gasteiger partial charge in [-0.15, -0.1) is 5.10 Å². The van der Waals surface area contributed by atoms with E-state index in [1.807, 2.05) is 0 Å². The van der Waals surface area contributed by atoms with Crippen molar-refractivity contribution < 1.29 is 28.3 Å². The molecule has 150 valence electrons. The Morgan fingerprint density at radius 2 is 1.79 bits per heavy atom. The lowest BCUT2D eigenvalue weighted by molar-refractivity contribution is 0.0600. The molecule has 0 fully saturated rings. The molecule has 29 heavy (non-hydrogen) atoms. The van der Waals surface area contributed by atoms with E-state index in [9.17, 15) is 18.4 Å². The second-order valence-electron chi connectivity index (χ2n) is 5.98. The lowest BCUT2D eigenvalue weighted by atomic mass is 10.1. The summed E-state index contributed by atoms with van der Waals surface area (Å²) in [7, 11) is 1.28. The van der Waals surface area contributed by atoms with Crippen molar-refractivity contribution in [3.63, 3.8) is 0 Å². The summed E-state index contributed by atoms with van der Waals surface area (Å²) >= 11 is 0. The lowest BCUT2D eigenvalue weighted by Gasteiger charge is -2.09. The van der Waals surface area contributed by atoms with Gasteiger partial charge >= 0.3 is 5.97 Å². The summed E-state index contributed by atoms with van der Waals surface area (Å²) < 4.78 is 34.4. The first-order valence-corrected chi connectivity index (χ1v) is 8.27. The molecule has 0 radical (unpaired) electrons. The van der Waals surface area contributed by atoms with Crippen molar-refractivity contribution in [2.45, 2.75) is 13.0 Å². The van der Waals surface area contributed by atoms with Gasteiger partial charge in [0.05, 0.1) is 19.2 Å². The van der Waals surface area contributed by atoms with Crippen LogP contribution >= 0.6 is 0 Å². The van der Waals surface area contributed by atoms with Crippen LogP contribution in [0, 0.1) is 11.6 Å². The number of rotatable bonds is 6. The van der Waals surface area contributed by atoms with E-state index in [1.54, 1.807) is 24.3 Å². The van der Waals surface area contributed by atoms with Crippen LogP contribution < -0.4 is 5.48 Å². The number of benzene rings is 2. The minimum absolute atomic E-state index is 0.253. The third-order valence-electron chi connectivity index (χ3n) is 4.16. The summed E-state index contributed by atoms with van der Waals surface area (Å²) in [6.45, 7) is -0.304. The summed E-state index contributed by atoms with van der Waals surface area (Å²) in [6, 6.07) is 8.15. The average Bonchev–Trinajstić information content (AvgIpc) is 3.16. The first kappa shape index (κ1) is 20.0. The largest absolute Gasteiger partial charge is 0.465 e. The summed E-state index contributed by atoms with van der Waals surface area (Å²) in [5, 5.41) is 19.7. The van der Waals surface area contributed by atoms with Gasteiger partial charge in [-0.05, 0) is 40.3 Å². The Morgan fingerprint density at radius 3 is 2.38 bits per heavy atom. The number of carbonyl (C=O) groups excluding carboxylic acids is 2. The van der Waals surface area contributed by atoms with Crippen molar-refractivity contribution in [2.75, 3.05) is 7.11 Å². The molecule has 11 heteroatoms. The number of methoxy groups -OCH3 is 1. The molecule has 0 bridgehead atoms. The Hall–Kier alpha value is -3.73. The van der Waals surface area contributed by atoms with Crippen LogP contribution in [0.3, 0.4) is 0 Å². The summed E-state index contributed by atoms with van der Waals surface area (Å²) in [4.78, 5) is 22.8. The highest BCUT2D eigenvalue weighted by atomic mass is 19.1. The van der Waals surface area contributed by atoms with Gasteiger partial charge in [-0.3, -0.25) is 10.0 Å². The number of nitrogens with zero attached hydrogens (tertiary/aromatic N) is 4. The van der Waals surface area contributed by atoms with Crippen molar-refractivity contribution in [1.82, 2.24) is 25.7 Å². The van der Waals surface area contributed by atoms with Crippen LogP contribution in [0.2, 0.25) is 0 Å². The van der Waals surface area contributed by atoms with Gasteiger partial charge in [-0.2, -0.15) is 0 Å². The molecule has 0 atom stereocenters. The Kier molecular flexibility index (Phi) is 5.88. The third-order valence-corrected chi connectivity index (χ3v) is 4.16. The maximum Gasteiger partial charge on any atom is 0.337 e. The number of amides is 1. The molecule has 0 aliphatic carbocycles. The first-order valence-electron chi connectivity index (χ1n) is 8.27. The highest BCUT2D eigenvalue weighted by molar-refractivity contribution is 5.93. The number of esters is 1. The molecule has 0 aliphatic rings. The predicted octanol–water partition coefficient (Wildman–Crippen LogP) is 1.50. The lowest BCUT2D eigenvalue weighted by Crippen LogP contribution is -2.20. The van der Waals surface area contributed by atoms with Crippen molar-refractivity contribution >= 4 is 11.9 Å². The Bertz CT molecular complexity index is 1030. The molecule has 1 aromatic heterocycles. The first-order chi connectivity index (χ1) is 13.9. The maximum atomic E-state index is 14.3. The van der Waals surface area contributed by atoms with Crippen LogP contribution in [0.15, 0.2) is 36.4 Å². The third kappa shape index (κ3) is 4.41. The van der Waals surface area contributed by atoms with E-state index < -0.39 is 23.5 Å². The number of hydrogen-bond donors (Lipinski definition) is 2. The topological polar surface area (TPSA) is 119 Å². The minimum Gasteiger partial charge on any atom is -0.465 e. The van der Waals surface area contributed by atoms with Crippen molar-refractivity contribution in [3.8, 4) is 0 Å². The second kappa shape index (κ2) is 8.52. The van der Waals surface area contributed by atoms with E-state index >= 15 is 0 Å². The van der Waals surface area contributed by atoms with E-state index in [0.717, 1.165) is 17.7 Å². The highest BCUT2D eigenvalue weighted by Gasteiger charge is 2.18. The van der Waals surface area contributed by atoms with E-state index in [4.69, 9.17) is 5.21 Å². The molecule has 0 saturated heterocycles. The molecule has 0 spiro atoms. The molecule has 2 N–H and O–H groups in total. The fourth-order valence-electron chi connectivity index (χ4n) is 2.63. The smallest absolute Gasteiger partial charge is 0.337 e. The number of ether oxygens (including phenoxy) is 1. The molecule has 1 heterocycles. The Labute approximate surface area is 162 Å². The number of hydroxylamine groups is 1. The predicted molar refractivity (Wildman–Crippen MR) is 93.1 cm³/mol. The van der Waals surface area contributed by atoms with Gasteiger partial charge in [-0.25, -0.2) is 23.7 Å². The van der Waals surface area contributed by atoms with E-state index in [-0.39, 0.29) is 24.1 Å². The molecular formula is C18H15F2N5O4. The number of hydrogen-bond acceptors (Lipinski definition) is 7. The van der Waals surface area contributed by atoms with Gasteiger partial charge < -0.3 is 4.74 Å². The van der Waals surface area contributed by atoms with Crippen LogP contribution in [-0.2, 0) is 17.7 Å². The number of tetrazole rings is 1. The fourth-order valence-corrected chi connectivity index (χ4v) is 2.63. The second-order valence-corrected chi connectivity index (χ2v) is 5.98. The highest BCUT2D eigenvalue weighted by Crippen LogP contribution is 2.18. The van der Waals surface area contributed by atoms with E-state index in [0.29, 0.717) is 11.4 Å². The molecule has 0 saturated carbocycles. The van der Waals surface area contributed by atoms with Crippen LogP contribution in [0.5, 0.6) is 0 Å². The van der Waals surface area contributed by atoms with Gasteiger partial charge in [0.15, 0.2) is 5.82 Å². The summed E-state index contributed by atoms with van der Waals surface area (Å²) in [5.74, 6) is -3.12. The van der Waals surface area contributed by atoms with Crippen LogP contribution in [0.25, 0.3) is 0 Å². The molecule has 1 amide bonds. The van der Waals surface area contributed by atoms with Crippen LogP contribution in [0.4, 0.5) is 8.78 Å². The van der Waals surface area contributed by atoms with Gasteiger partial charge in [0.2, 0.25) is 0 Å². The SMILES string of the molecule is COC(=O)c1ccc(Cc2nnnn2Cc2c(F)cc(C(=O)NO)cc2F)cc1. The van der Waals surface area contributed by atoms with Gasteiger partial charge in [0.25, 0.3) is 5.91 Å². The number of aromatic nitrogens is 4. The van der Waals surface area contributed by atoms with E-state index in [1.165, 1.54) is 17.3 Å². The van der Waals surface area contributed by atoms with Crippen molar-refractivity contribution in [1.29, 1.82) is 0 Å². The minimum atomic E-state index is -1.03. The fraction of sp³-hybridized carbons (Fsp3) is 0.167. The summed E-state index contributed by atoms with van der Waals surface area (Å²) in [5.41, 5.74) is 1.76. The zero-order valence-electron chi connectivity index (χ0n) is 15.1. The van der Waals surface area contributed by atoms with Crippen LogP contribution in [0.1, 0.15) is 37.7 Å². The Balaban J connectivity index is 1.81. The molecular weight excluding hydrogens is 388 g/mol. The number of carbonyl (C=O) groups is 2. The quantitative estimate of drug-likeness (QED) is 0.364. The normalized spacial score (nSPS) is 10.6. The zero-order chi connectivity index (χ0) is 21.0. The van der Waals surface area contributed by atoms with Crippen molar-refractivity contribution in [2.24, 2.45) is 0 Å². The van der Waals surface area contributed by atoms with Crippen LogP contribution in [-0.4, -0.2) is 44.4 Å². The zero-order valence-corrected chi connectivity index (χ0v) is 15.1. The Morgan fingerprint density at radius 1 is 1.14 bits per heavy atom. The monoisotopic (exact) mass is 403 g/mol. The summed E-state index contributed by atoms with van der Waals surface area (Å²) in [6.07, 6.45) is 0.253. The molecule has 0 unspecified atom stereocenters. The molecule has 3 rings (SSSR count). The van der Waals surface area contributed by atoms with Gasteiger partial charge in [0.1, 0.15) is 11.6 Å². The molecule has 3 aromatic rings. The van der Waals surface area contributed by atoms with Gasteiger partial charge in [0, 0.05) is 17.5 Å². The molecule has 0 aliphatic heterocycles. The maximum absolute atomic E-state index is 14.3. The molecule has 9 nitrogen and oxygen atoms in total. The number of nitrogens with one attached hydrogen (secondary N) is 1. The van der Waals surface area contributed by atoms with Gasteiger partial charge in [-0.1, -0.05) is 12.1 Å². The standard InChI is InChI=1S/C18H15F2N5O4/c1-29-18(27)11-4-2-10(3-5-11)6-16-21-23-24-25(16)9-13-14(19)7-12(8-15(13)20)17(26)22-28/h2-5,7-8,28H,6,9H2,1H3,(H,22,26).